The summed E-state index contributed by atoms with van der Waals surface area (Å²) in [5.74, 6) is 1.69. The third kappa shape index (κ3) is 4.77. The molecule has 0 amide bonds. The number of hydrogen-bond acceptors (Lipinski definition) is 4. The van der Waals surface area contributed by atoms with Crippen LogP contribution < -0.4 is 11.1 Å². The van der Waals surface area contributed by atoms with Crippen LogP contribution in [0.2, 0.25) is 5.02 Å². The molecule has 96 valence electrons. The molecule has 0 aliphatic carbocycles. The van der Waals surface area contributed by atoms with Gasteiger partial charge in [-0.15, -0.1) is 0 Å². The maximum absolute atomic E-state index is 6.01. The molecule has 5 heteroatoms. The molecule has 0 bridgehead atoms. The Kier molecular flexibility index (Phi) is 5.48. The van der Waals surface area contributed by atoms with Gasteiger partial charge in [-0.25, -0.2) is 9.97 Å². The van der Waals surface area contributed by atoms with Crippen molar-refractivity contribution in [3.05, 3.63) is 11.3 Å². The number of rotatable bonds is 6. The molecule has 0 aromatic carbocycles. The molecule has 0 saturated heterocycles. The zero-order chi connectivity index (χ0) is 12.8. The van der Waals surface area contributed by atoms with Gasteiger partial charge < -0.3 is 11.1 Å². The fourth-order valence-electron chi connectivity index (χ4n) is 1.62. The van der Waals surface area contributed by atoms with Gasteiger partial charge in [-0.3, -0.25) is 0 Å². The number of halogens is 1. The molecule has 17 heavy (non-hydrogen) atoms. The van der Waals surface area contributed by atoms with Crippen molar-refractivity contribution < 1.29 is 0 Å². The highest BCUT2D eigenvalue weighted by Gasteiger charge is 2.09. The third-order valence-corrected chi connectivity index (χ3v) is 2.99. The predicted octanol–water partition coefficient (Wildman–Crippen LogP) is 3.34. The van der Waals surface area contributed by atoms with E-state index in [4.69, 9.17) is 17.3 Å². The monoisotopic (exact) mass is 256 g/mol. The van der Waals surface area contributed by atoms with E-state index >= 15 is 0 Å². The van der Waals surface area contributed by atoms with Gasteiger partial charge in [0.2, 0.25) is 0 Å². The van der Waals surface area contributed by atoms with Crippen molar-refractivity contribution in [1.29, 1.82) is 0 Å². The summed E-state index contributed by atoms with van der Waals surface area (Å²) in [6, 6.07) is 0.334. The Morgan fingerprint density at radius 3 is 2.65 bits per heavy atom. The fourth-order valence-corrected chi connectivity index (χ4v) is 1.77. The SMILES string of the molecule is CC(C)CCCC(C)Nc1ncnc(N)c1Cl. The van der Waals surface area contributed by atoms with Gasteiger partial charge in [-0.1, -0.05) is 38.3 Å². The van der Waals surface area contributed by atoms with E-state index < -0.39 is 0 Å². The van der Waals surface area contributed by atoms with Crippen molar-refractivity contribution in [1.82, 2.24) is 9.97 Å². The van der Waals surface area contributed by atoms with Gasteiger partial charge in [-0.2, -0.15) is 0 Å². The van der Waals surface area contributed by atoms with Crippen molar-refractivity contribution in [2.24, 2.45) is 5.92 Å². The molecule has 0 aliphatic heterocycles. The van der Waals surface area contributed by atoms with Crippen molar-refractivity contribution in [2.75, 3.05) is 11.1 Å². The van der Waals surface area contributed by atoms with Crippen LogP contribution in [0.25, 0.3) is 0 Å². The summed E-state index contributed by atoms with van der Waals surface area (Å²) >= 11 is 6.01. The van der Waals surface area contributed by atoms with E-state index in [9.17, 15) is 0 Å². The molecule has 4 nitrogen and oxygen atoms in total. The Balaban J connectivity index is 2.45. The average Bonchev–Trinajstić information content (AvgIpc) is 2.24. The number of nitrogens with zero attached hydrogens (tertiary/aromatic N) is 2. The Labute approximate surface area is 108 Å². The Morgan fingerprint density at radius 1 is 1.29 bits per heavy atom. The van der Waals surface area contributed by atoms with Crippen LogP contribution in [0.15, 0.2) is 6.33 Å². The summed E-state index contributed by atoms with van der Waals surface area (Å²) in [5, 5.41) is 3.67. The van der Waals surface area contributed by atoms with Crippen molar-refractivity contribution in [2.45, 2.75) is 46.1 Å². The lowest BCUT2D eigenvalue weighted by molar-refractivity contribution is 0.520. The first-order valence-corrected chi connectivity index (χ1v) is 6.41. The molecule has 0 fully saturated rings. The fraction of sp³-hybridized carbons (Fsp3) is 0.667. The maximum atomic E-state index is 6.01. The minimum atomic E-state index is 0.318. The lowest BCUT2D eigenvalue weighted by Crippen LogP contribution is -2.17. The lowest BCUT2D eigenvalue weighted by atomic mass is 10.0. The molecule has 0 saturated carbocycles. The molecule has 1 aromatic rings. The molecular weight excluding hydrogens is 236 g/mol. The largest absolute Gasteiger partial charge is 0.382 e. The van der Waals surface area contributed by atoms with Crippen LogP contribution in [-0.2, 0) is 0 Å². The van der Waals surface area contributed by atoms with Crippen LogP contribution in [0.1, 0.15) is 40.0 Å². The molecule has 1 unspecified atom stereocenters. The van der Waals surface area contributed by atoms with E-state index in [2.05, 4.69) is 36.1 Å². The number of nitrogens with one attached hydrogen (secondary N) is 1. The van der Waals surface area contributed by atoms with E-state index in [-0.39, 0.29) is 0 Å². The molecule has 0 aliphatic rings. The molecule has 1 rings (SSSR count). The number of hydrogen-bond donors (Lipinski definition) is 2. The van der Waals surface area contributed by atoms with Crippen molar-refractivity contribution >= 4 is 23.2 Å². The molecule has 1 heterocycles. The van der Waals surface area contributed by atoms with Crippen LogP contribution in [0.5, 0.6) is 0 Å². The van der Waals surface area contributed by atoms with E-state index in [1.807, 2.05) is 0 Å². The second-order valence-corrected chi connectivity index (χ2v) is 5.17. The summed E-state index contributed by atoms with van der Waals surface area (Å²) in [7, 11) is 0. The van der Waals surface area contributed by atoms with Gasteiger partial charge >= 0.3 is 0 Å². The molecular formula is C12H21ClN4. The van der Waals surface area contributed by atoms with Gasteiger partial charge in [0.25, 0.3) is 0 Å². The normalized spacial score (nSPS) is 12.8. The number of nitrogen functional groups attached to an aromatic ring is 1. The van der Waals surface area contributed by atoms with E-state index in [1.165, 1.54) is 19.2 Å². The summed E-state index contributed by atoms with van der Waals surface area (Å²) < 4.78 is 0. The third-order valence-electron chi connectivity index (χ3n) is 2.62. The maximum Gasteiger partial charge on any atom is 0.150 e. The first-order chi connectivity index (χ1) is 8.00. The van der Waals surface area contributed by atoms with Crippen molar-refractivity contribution in [3.63, 3.8) is 0 Å². The predicted molar refractivity (Wildman–Crippen MR) is 73.2 cm³/mol. The summed E-state index contributed by atoms with van der Waals surface area (Å²) in [4.78, 5) is 7.91. The van der Waals surface area contributed by atoms with E-state index in [0.29, 0.717) is 22.7 Å². The first kappa shape index (κ1) is 14.0. The highest BCUT2D eigenvalue weighted by Crippen LogP contribution is 2.24. The molecule has 3 N–H and O–H groups in total. The minimum absolute atomic E-state index is 0.318. The second-order valence-electron chi connectivity index (χ2n) is 4.79. The Hall–Kier alpha value is -1.03. The number of nitrogens with two attached hydrogens (primary N) is 1. The van der Waals surface area contributed by atoms with Gasteiger partial charge in [0.1, 0.15) is 17.2 Å². The van der Waals surface area contributed by atoms with Crippen LogP contribution in [0, 0.1) is 5.92 Å². The van der Waals surface area contributed by atoms with Crippen LogP contribution in [-0.4, -0.2) is 16.0 Å². The standard InChI is InChI=1S/C12H21ClN4/c1-8(2)5-4-6-9(3)17-12-10(13)11(14)15-7-16-12/h7-9H,4-6H2,1-3H3,(H3,14,15,16,17). The zero-order valence-electron chi connectivity index (χ0n) is 10.7. The minimum Gasteiger partial charge on any atom is -0.382 e. The van der Waals surface area contributed by atoms with Crippen LogP contribution >= 0.6 is 11.6 Å². The van der Waals surface area contributed by atoms with Crippen LogP contribution in [0.3, 0.4) is 0 Å². The van der Waals surface area contributed by atoms with E-state index in [1.54, 1.807) is 0 Å². The average molecular weight is 257 g/mol. The highest BCUT2D eigenvalue weighted by atomic mass is 35.5. The van der Waals surface area contributed by atoms with Gasteiger partial charge in [0.05, 0.1) is 0 Å². The summed E-state index contributed by atoms with van der Waals surface area (Å²) in [6.45, 7) is 6.59. The van der Waals surface area contributed by atoms with Gasteiger partial charge in [0, 0.05) is 6.04 Å². The molecule has 0 radical (unpaired) electrons. The molecule has 0 spiro atoms. The number of aromatic nitrogens is 2. The number of anilines is 2. The smallest absolute Gasteiger partial charge is 0.150 e. The topological polar surface area (TPSA) is 63.8 Å². The van der Waals surface area contributed by atoms with Gasteiger partial charge in [0.15, 0.2) is 5.82 Å². The second kappa shape index (κ2) is 6.64. The molecule has 1 atom stereocenters. The summed E-state index contributed by atoms with van der Waals surface area (Å²) in [6.07, 6.45) is 4.96. The first-order valence-electron chi connectivity index (χ1n) is 6.03. The van der Waals surface area contributed by atoms with E-state index in [0.717, 1.165) is 12.3 Å². The molecule has 1 aromatic heterocycles. The quantitative estimate of drug-likeness (QED) is 0.819. The summed E-state index contributed by atoms with van der Waals surface area (Å²) in [5.41, 5.74) is 5.61. The zero-order valence-corrected chi connectivity index (χ0v) is 11.5. The lowest BCUT2D eigenvalue weighted by Gasteiger charge is -2.16. The van der Waals surface area contributed by atoms with Crippen molar-refractivity contribution in [3.8, 4) is 0 Å². The Morgan fingerprint density at radius 2 is 2.00 bits per heavy atom. The Bertz CT molecular complexity index is 354. The van der Waals surface area contributed by atoms with Crippen LogP contribution in [0.4, 0.5) is 11.6 Å². The highest BCUT2D eigenvalue weighted by molar-refractivity contribution is 6.35. The van der Waals surface area contributed by atoms with Gasteiger partial charge in [-0.05, 0) is 19.3 Å².